The second-order valence-corrected chi connectivity index (χ2v) is 5.06. The number of fused-ring (bicyclic) bond motifs is 1. The standard InChI is InChI=1S/C17H18N2O4/c1-5-17(16(21)23-4,18-12(2)20)11-19-10-15(22-3)13-8-6-7-9-14(13)19/h1,6-10H,11H2,2-4H3,(H,18,20). The first-order valence-corrected chi connectivity index (χ1v) is 6.94. The highest BCUT2D eigenvalue weighted by atomic mass is 16.5. The number of nitrogens with one attached hydrogen (secondary N) is 1. The quantitative estimate of drug-likeness (QED) is 0.668. The predicted octanol–water partition coefficient (Wildman–Crippen LogP) is 1.33. The van der Waals surface area contributed by atoms with Gasteiger partial charge >= 0.3 is 5.97 Å². The molecule has 0 spiro atoms. The van der Waals surface area contributed by atoms with E-state index in [2.05, 4.69) is 11.2 Å². The minimum Gasteiger partial charge on any atom is -0.495 e. The average Bonchev–Trinajstić information content (AvgIpc) is 2.90. The number of amides is 1. The van der Waals surface area contributed by atoms with E-state index < -0.39 is 17.4 Å². The van der Waals surface area contributed by atoms with Gasteiger partial charge in [-0.25, -0.2) is 4.79 Å². The van der Waals surface area contributed by atoms with Crippen molar-refractivity contribution in [1.29, 1.82) is 0 Å². The molecule has 1 N–H and O–H groups in total. The second-order valence-electron chi connectivity index (χ2n) is 5.06. The lowest BCUT2D eigenvalue weighted by molar-refractivity contribution is -0.148. The van der Waals surface area contributed by atoms with Crippen molar-refractivity contribution in [3.8, 4) is 18.1 Å². The van der Waals surface area contributed by atoms with E-state index in [9.17, 15) is 9.59 Å². The molecule has 0 aliphatic heterocycles. The van der Waals surface area contributed by atoms with Gasteiger partial charge in [0.05, 0.1) is 26.3 Å². The minimum absolute atomic E-state index is 0.0274. The summed E-state index contributed by atoms with van der Waals surface area (Å²) < 4.78 is 11.9. The SMILES string of the molecule is C#CC(Cn1cc(OC)c2ccccc21)(NC(C)=O)C(=O)OC. The summed E-state index contributed by atoms with van der Waals surface area (Å²) in [6.45, 7) is 1.32. The Morgan fingerprint density at radius 1 is 1.35 bits per heavy atom. The lowest BCUT2D eigenvalue weighted by Gasteiger charge is -2.27. The maximum Gasteiger partial charge on any atom is 0.346 e. The third kappa shape index (κ3) is 2.99. The van der Waals surface area contributed by atoms with Crippen LogP contribution in [0.4, 0.5) is 0 Å². The number of nitrogens with zero attached hydrogens (tertiary/aromatic N) is 1. The summed E-state index contributed by atoms with van der Waals surface area (Å²) >= 11 is 0. The third-order valence-electron chi connectivity index (χ3n) is 3.55. The zero-order chi connectivity index (χ0) is 17.0. The average molecular weight is 314 g/mol. The molecule has 0 radical (unpaired) electrons. The molecule has 2 rings (SSSR count). The molecule has 0 fully saturated rings. The molecule has 0 saturated heterocycles. The molecule has 1 aromatic heterocycles. The van der Waals surface area contributed by atoms with Gasteiger partial charge in [0.2, 0.25) is 11.4 Å². The maximum absolute atomic E-state index is 12.2. The summed E-state index contributed by atoms with van der Waals surface area (Å²) in [6, 6.07) is 7.53. The van der Waals surface area contributed by atoms with Crippen LogP contribution in [0.1, 0.15) is 6.92 Å². The van der Waals surface area contributed by atoms with Crippen molar-refractivity contribution in [2.45, 2.75) is 19.0 Å². The summed E-state index contributed by atoms with van der Waals surface area (Å²) in [7, 11) is 2.79. The van der Waals surface area contributed by atoms with Gasteiger partial charge in [-0.1, -0.05) is 18.1 Å². The van der Waals surface area contributed by atoms with Crippen LogP contribution >= 0.6 is 0 Å². The van der Waals surface area contributed by atoms with Crippen LogP contribution in [0, 0.1) is 12.3 Å². The molecule has 0 aliphatic carbocycles. The van der Waals surface area contributed by atoms with Crippen LogP contribution in [0.15, 0.2) is 30.5 Å². The lowest BCUT2D eigenvalue weighted by Crippen LogP contribution is -2.56. The lowest BCUT2D eigenvalue weighted by atomic mass is 10.0. The van der Waals surface area contributed by atoms with Crippen LogP contribution in [-0.2, 0) is 20.9 Å². The smallest absolute Gasteiger partial charge is 0.346 e. The van der Waals surface area contributed by atoms with Crippen LogP contribution in [0.5, 0.6) is 5.75 Å². The number of hydrogen-bond donors (Lipinski definition) is 1. The molecule has 1 heterocycles. The van der Waals surface area contributed by atoms with E-state index in [-0.39, 0.29) is 6.54 Å². The third-order valence-corrected chi connectivity index (χ3v) is 3.55. The van der Waals surface area contributed by atoms with Crippen LogP contribution in [0.2, 0.25) is 0 Å². The molecular formula is C17H18N2O4. The van der Waals surface area contributed by atoms with E-state index in [0.29, 0.717) is 5.75 Å². The molecule has 1 unspecified atom stereocenters. The summed E-state index contributed by atoms with van der Waals surface area (Å²) in [5.74, 6) is 1.90. The molecule has 23 heavy (non-hydrogen) atoms. The van der Waals surface area contributed by atoms with Gasteiger partial charge in [-0.05, 0) is 12.1 Å². The van der Waals surface area contributed by atoms with Crippen LogP contribution < -0.4 is 10.1 Å². The van der Waals surface area contributed by atoms with Crippen molar-refractivity contribution in [3.05, 3.63) is 30.5 Å². The van der Waals surface area contributed by atoms with Crippen molar-refractivity contribution in [1.82, 2.24) is 9.88 Å². The van der Waals surface area contributed by atoms with Crippen molar-refractivity contribution >= 4 is 22.8 Å². The Kier molecular flexibility index (Phi) is 4.60. The Morgan fingerprint density at radius 3 is 2.61 bits per heavy atom. The number of terminal acetylenes is 1. The van der Waals surface area contributed by atoms with E-state index in [1.165, 1.54) is 14.0 Å². The molecule has 1 atom stereocenters. The van der Waals surface area contributed by atoms with E-state index in [1.54, 1.807) is 17.9 Å². The number of para-hydroxylation sites is 1. The Balaban J connectivity index is 2.54. The fraction of sp³-hybridized carbons (Fsp3) is 0.294. The minimum atomic E-state index is -1.59. The predicted molar refractivity (Wildman–Crippen MR) is 85.9 cm³/mol. The van der Waals surface area contributed by atoms with Gasteiger partial charge in [-0.15, -0.1) is 6.42 Å². The summed E-state index contributed by atoms with van der Waals surface area (Å²) in [5.41, 5.74) is -0.758. The number of methoxy groups -OCH3 is 2. The van der Waals surface area contributed by atoms with Gasteiger partial charge in [0.25, 0.3) is 0 Å². The summed E-state index contributed by atoms with van der Waals surface area (Å²) in [6.07, 6.45) is 7.29. The van der Waals surface area contributed by atoms with Crippen LogP contribution in [0.3, 0.4) is 0 Å². The van der Waals surface area contributed by atoms with E-state index in [4.69, 9.17) is 15.9 Å². The molecule has 6 nitrogen and oxygen atoms in total. The number of hydrogen-bond acceptors (Lipinski definition) is 4. The van der Waals surface area contributed by atoms with Crippen LogP contribution in [0.25, 0.3) is 10.9 Å². The molecular weight excluding hydrogens is 296 g/mol. The molecule has 6 heteroatoms. The first kappa shape index (κ1) is 16.4. The highest BCUT2D eigenvalue weighted by molar-refractivity contribution is 5.91. The monoisotopic (exact) mass is 314 g/mol. The number of esters is 1. The van der Waals surface area contributed by atoms with Crippen molar-refractivity contribution in [2.75, 3.05) is 14.2 Å². The molecule has 120 valence electrons. The van der Waals surface area contributed by atoms with Gasteiger partial charge in [0, 0.05) is 18.5 Å². The molecule has 1 aromatic carbocycles. The van der Waals surface area contributed by atoms with Crippen LogP contribution in [-0.4, -0.2) is 36.2 Å². The molecule has 0 saturated carbocycles. The fourth-order valence-electron chi connectivity index (χ4n) is 2.53. The van der Waals surface area contributed by atoms with Gasteiger partial charge in [-0.2, -0.15) is 0 Å². The van der Waals surface area contributed by atoms with E-state index in [0.717, 1.165) is 10.9 Å². The number of benzene rings is 1. The van der Waals surface area contributed by atoms with Gasteiger partial charge in [0.15, 0.2) is 0 Å². The van der Waals surface area contributed by atoms with Gasteiger partial charge in [0.1, 0.15) is 5.75 Å². The highest BCUT2D eigenvalue weighted by Gasteiger charge is 2.39. The molecule has 0 aliphatic rings. The van der Waals surface area contributed by atoms with Crippen molar-refractivity contribution in [3.63, 3.8) is 0 Å². The number of rotatable bonds is 5. The van der Waals surface area contributed by atoms with E-state index in [1.807, 2.05) is 24.3 Å². The number of aromatic nitrogens is 1. The first-order valence-electron chi connectivity index (χ1n) is 6.94. The Hall–Kier alpha value is -2.94. The number of carbonyl (C=O) groups excluding carboxylic acids is 2. The first-order chi connectivity index (χ1) is 11.0. The van der Waals surface area contributed by atoms with Crippen molar-refractivity contribution < 1.29 is 19.1 Å². The second kappa shape index (κ2) is 6.44. The number of ether oxygens (including phenoxy) is 2. The van der Waals surface area contributed by atoms with Crippen molar-refractivity contribution in [2.24, 2.45) is 0 Å². The normalized spacial score (nSPS) is 13.0. The van der Waals surface area contributed by atoms with Gasteiger partial charge in [-0.3, -0.25) is 4.79 Å². The summed E-state index contributed by atoms with van der Waals surface area (Å²) in [4.78, 5) is 23.7. The molecule has 0 bridgehead atoms. The largest absolute Gasteiger partial charge is 0.495 e. The molecule has 2 aromatic rings. The Bertz CT molecular complexity index is 787. The highest BCUT2D eigenvalue weighted by Crippen LogP contribution is 2.29. The fourth-order valence-corrected chi connectivity index (χ4v) is 2.53. The maximum atomic E-state index is 12.2. The molecule has 1 amide bonds. The Morgan fingerprint density at radius 2 is 2.04 bits per heavy atom. The zero-order valence-corrected chi connectivity index (χ0v) is 13.3. The Labute approximate surface area is 134 Å². The zero-order valence-electron chi connectivity index (χ0n) is 13.3. The van der Waals surface area contributed by atoms with E-state index >= 15 is 0 Å². The number of carbonyl (C=O) groups is 2. The topological polar surface area (TPSA) is 69.6 Å². The van der Waals surface area contributed by atoms with Gasteiger partial charge < -0.3 is 19.4 Å². The summed E-state index contributed by atoms with van der Waals surface area (Å²) in [5, 5.41) is 3.41.